The minimum absolute atomic E-state index is 0.541. The molecule has 0 radical (unpaired) electrons. The summed E-state index contributed by atoms with van der Waals surface area (Å²) >= 11 is 0. The number of hydrogen-bond acceptors (Lipinski definition) is 4. The van der Waals surface area contributed by atoms with Gasteiger partial charge in [0.2, 0.25) is 5.96 Å². The molecule has 6 heteroatoms. The van der Waals surface area contributed by atoms with Gasteiger partial charge in [-0.25, -0.2) is 5.84 Å². The molecule has 0 saturated heterocycles. The topological polar surface area (TPSA) is 72.1 Å². The van der Waals surface area contributed by atoms with E-state index in [2.05, 4.69) is 29.2 Å². The van der Waals surface area contributed by atoms with Gasteiger partial charge in [0.05, 0.1) is 6.61 Å². The van der Waals surface area contributed by atoms with Gasteiger partial charge in [0, 0.05) is 40.0 Å². The monoisotopic (exact) mass is 274 g/mol. The van der Waals surface area contributed by atoms with Crippen molar-refractivity contribution in [2.24, 2.45) is 16.8 Å². The Balaban J connectivity index is 4.31. The van der Waals surface area contributed by atoms with Crippen LogP contribution < -0.4 is 11.3 Å². The summed E-state index contributed by atoms with van der Waals surface area (Å²) in [6.07, 6.45) is 0.902. The number of methoxy groups -OCH3 is 1. The average Bonchev–Trinajstić information content (AvgIpc) is 2.39. The number of ether oxygens (including phenoxy) is 2. The van der Waals surface area contributed by atoms with Crippen LogP contribution in [0.3, 0.4) is 0 Å². The summed E-state index contributed by atoms with van der Waals surface area (Å²) in [5.74, 6) is 6.83. The van der Waals surface area contributed by atoms with Crippen molar-refractivity contribution in [1.82, 2.24) is 10.3 Å². The first-order chi connectivity index (χ1) is 9.15. The molecule has 6 nitrogen and oxygen atoms in total. The first-order valence-electron chi connectivity index (χ1n) is 6.98. The molecule has 3 N–H and O–H groups in total. The van der Waals surface area contributed by atoms with E-state index in [1.54, 1.807) is 7.11 Å². The van der Waals surface area contributed by atoms with Gasteiger partial charge in [0.1, 0.15) is 0 Å². The number of aliphatic imine (C=N–C) groups is 1. The van der Waals surface area contributed by atoms with Gasteiger partial charge in [0.15, 0.2) is 0 Å². The third kappa shape index (κ3) is 9.69. The van der Waals surface area contributed by atoms with Crippen LogP contribution in [0.5, 0.6) is 0 Å². The molecular formula is C13H30N4O2. The first-order valence-corrected chi connectivity index (χ1v) is 6.98. The van der Waals surface area contributed by atoms with Gasteiger partial charge < -0.3 is 14.4 Å². The second-order valence-electron chi connectivity index (χ2n) is 4.73. The molecule has 0 bridgehead atoms. The second kappa shape index (κ2) is 12.2. The quantitative estimate of drug-likeness (QED) is 0.203. The highest BCUT2D eigenvalue weighted by Gasteiger charge is 2.11. The molecule has 0 aliphatic rings. The Bertz CT molecular complexity index is 235. The fraction of sp³-hybridized carbons (Fsp3) is 0.923. The molecule has 0 aliphatic carbocycles. The van der Waals surface area contributed by atoms with Crippen molar-refractivity contribution >= 4 is 5.96 Å². The molecule has 0 heterocycles. The van der Waals surface area contributed by atoms with Crippen LogP contribution in [0.1, 0.15) is 27.2 Å². The number of rotatable bonds is 10. The van der Waals surface area contributed by atoms with Gasteiger partial charge >= 0.3 is 0 Å². The molecule has 0 saturated carbocycles. The fourth-order valence-electron chi connectivity index (χ4n) is 1.66. The van der Waals surface area contributed by atoms with E-state index >= 15 is 0 Å². The van der Waals surface area contributed by atoms with Crippen molar-refractivity contribution in [2.75, 3.05) is 46.6 Å². The first kappa shape index (κ1) is 18.1. The Morgan fingerprint density at radius 1 is 1.37 bits per heavy atom. The summed E-state index contributed by atoms with van der Waals surface area (Å²) in [4.78, 5) is 6.61. The highest BCUT2D eigenvalue weighted by molar-refractivity contribution is 5.79. The zero-order valence-electron chi connectivity index (χ0n) is 12.8. The van der Waals surface area contributed by atoms with Gasteiger partial charge in [-0.3, -0.25) is 10.4 Å². The van der Waals surface area contributed by atoms with E-state index in [0.717, 1.165) is 38.7 Å². The van der Waals surface area contributed by atoms with E-state index in [1.165, 1.54) is 0 Å². The second-order valence-corrected chi connectivity index (χ2v) is 4.73. The van der Waals surface area contributed by atoms with Gasteiger partial charge in [-0.1, -0.05) is 13.8 Å². The summed E-state index contributed by atoms with van der Waals surface area (Å²) in [5.41, 5.74) is 2.69. The Morgan fingerprint density at radius 3 is 2.63 bits per heavy atom. The van der Waals surface area contributed by atoms with Crippen molar-refractivity contribution in [3.8, 4) is 0 Å². The molecule has 0 spiro atoms. The maximum atomic E-state index is 5.57. The van der Waals surface area contributed by atoms with Crippen LogP contribution in [0.25, 0.3) is 0 Å². The lowest BCUT2D eigenvalue weighted by atomic mass is 10.2. The predicted octanol–water partition coefficient (Wildman–Crippen LogP) is 0.837. The molecule has 0 atom stereocenters. The van der Waals surface area contributed by atoms with Gasteiger partial charge in [-0.15, -0.1) is 0 Å². The maximum Gasteiger partial charge on any atom is 0.208 e. The van der Waals surface area contributed by atoms with Crippen molar-refractivity contribution in [3.63, 3.8) is 0 Å². The van der Waals surface area contributed by atoms with Crippen LogP contribution in [-0.2, 0) is 9.47 Å². The molecule has 114 valence electrons. The number of nitrogens with one attached hydrogen (secondary N) is 1. The third-order valence-electron chi connectivity index (χ3n) is 2.49. The maximum absolute atomic E-state index is 5.57. The molecule has 0 rings (SSSR count). The SMILES string of the molecule is CCOCCCN=C(NN)N(CCOC)CC(C)C. The Kier molecular flexibility index (Phi) is 11.7. The van der Waals surface area contributed by atoms with Gasteiger partial charge in [0.25, 0.3) is 0 Å². The van der Waals surface area contributed by atoms with E-state index in [-0.39, 0.29) is 0 Å². The molecule has 0 aromatic carbocycles. The van der Waals surface area contributed by atoms with Crippen LogP contribution in [0.2, 0.25) is 0 Å². The van der Waals surface area contributed by atoms with E-state index in [9.17, 15) is 0 Å². The van der Waals surface area contributed by atoms with Crippen molar-refractivity contribution in [1.29, 1.82) is 0 Å². The molecule has 19 heavy (non-hydrogen) atoms. The molecular weight excluding hydrogens is 244 g/mol. The lowest BCUT2D eigenvalue weighted by molar-refractivity contribution is 0.146. The van der Waals surface area contributed by atoms with Crippen LogP contribution in [0.15, 0.2) is 4.99 Å². The minimum Gasteiger partial charge on any atom is -0.383 e. The highest BCUT2D eigenvalue weighted by Crippen LogP contribution is 2.00. The lowest BCUT2D eigenvalue weighted by Crippen LogP contribution is -2.47. The van der Waals surface area contributed by atoms with Crippen LogP contribution in [0, 0.1) is 5.92 Å². The van der Waals surface area contributed by atoms with Crippen LogP contribution in [-0.4, -0.2) is 57.4 Å². The standard InChI is InChI=1S/C13H30N4O2/c1-5-19-9-6-7-15-13(16-14)17(8-10-18-4)11-12(2)3/h12H,5-11,14H2,1-4H3,(H,15,16). The largest absolute Gasteiger partial charge is 0.383 e. The van der Waals surface area contributed by atoms with Gasteiger partial charge in [-0.05, 0) is 19.3 Å². The normalized spacial score (nSPS) is 12.0. The van der Waals surface area contributed by atoms with E-state index in [1.807, 2.05) is 6.92 Å². The van der Waals surface area contributed by atoms with Crippen molar-refractivity contribution in [3.05, 3.63) is 0 Å². The zero-order chi connectivity index (χ0) is 14.5. The Labute approximate surface area is 117 Å². The number of hydrogen-bond donors (Lipinski definition) is 2. The van der Waals surface area contributed by atoms with Crippen LogP contribution in [0.4, 0.5) is 0 Å². The summed E-state index contributed by atoms with van der Waals surface area (Å²) in [6, 6.07) is 0. The predicted molar refractivity (Wildman–Crippen MR) is 79.0 cm³/mol. The Hall–Kier alpha value is -0.850. The molecule has 0 amide bonds. The minimum atomic E-state index is 0.541. The lowest BCUT2D eigenvalue weighted by Gasteiger charge is -2.27. The van der Waals surface area contributed by atoms with Crippen LogP contribution >= 0.6 is 0 Å². The molecule has 0 aliphatic heterocycles. The van der Waals surface area contributed by atoms with E-state index in [4.69, 9.17) is 15.3 Å². The molecule has 0 aromatic rings. The third-order valence-corrected chi connectivity index (χ3v) is 2.49. The van der Waals surface area contributed by atoms with E-state index < -0.39 is 0 Å². The smallest absolute Gasteiger partial charge is 0.208 e. The summed E-state index contributed by atoms with van der Waals surface area (Å²) < 4.78 is 10.4. The number of guanidine groups is 1. The number of nitrogens with two attached hydrogens (primary N) is 1. The zero-order valence-corrected chi connectivity index (χ0v) is 12.8. The fourth-order valence-corrected chi connectivity index (χ4v) is 1.66. The van der Waals surface area contributed by atoms with Crippen molar-refractivity contribution in [2.45, 2.75) is 27.2 Å². The molecule has 0 unspecified atom stereocenters. The Morgan fingerprint density at radius 2 is 2.11 bits per heavy atom. The molecule has 0 fully saturated rings. The number of nitrogens with zero attached hydrogens (tertiary/aromatic N) is 2. The summed E-state index contributed by atoms with van der Waals surface area (Å²) in [5, 5.41) is 0. The van der Waals surface area contributed by atoms with Gasteiger partial charge in [-0.2, -0.15) is 0 Å². The van der Waals surface area contributed by atoms with E-state index in [0.29, 0.717) is 19.1 Å². The average molecular weight is 274 g/mol. The summed E-state index contributed by atoms with van der Waals surface area (Å²) in [6.45, 7) is 10.9. The summed E-state index contributed by atoms with van der Waals surface area (Å²) in [7, 11) is 1.70. The molecule has 0 aromatic heterocycles. The number of hydrazine groups is 1. The highest BCUT2D eigenvalue weighted by atomic mass is 16.5. The van der Waals surface area contributed by atoms with Crippen molar-refractivity contribution < 1.29 is 9.47 Å².